The Morgan fingerprint density at radius 3 is 2.46 bits per heavy atom. The molecule has 0 aromatic heterocycles. The summed E-state index contributed by atoms with van der Waals surface area (Å²) in [4.78, 5) is 9.88. The Morgan fingerprint density at radius 2 is 1.85 bits per heavy atom. The fraction of sp³-hybridized carbons (Fsp3) is 0.800. The number of aliphatic hydroxyl groups excluding tert-OH is 1. The van der Waals surface area contributed by atoms with E-state index >= 15 is 0 Å². The SMILES string of the molecule is COCCCCCCCC(O)=C=O. The molecule has 0 aliphatic heterocycles. The van der Waals surface area contributed by atoms with E-state index in [9.17, 15) is 4.79 Å². The molecule has 0 aromatic rings. The molecule has 0 aliphatic rings. The number of ether oxygens (including phenoxy) is 1. The van der Waals surface area contributed by atoms with Crippen LogP contribution in [0, 0.1) is 0 Å². The van der Waals surface area contributed by atoms with E-state index in [0.717, 1.165) is 38.7 Å². The maximum atomic E-state index is 9.88. The molecule has 0 aliphatic carbocycles. The molecule has 0 radical (unpaired) electrons. The van der Waals surface area contributed by atoms with Gasteiger partial charge in [0.2, 0.25) is 0 Å². The summed E-state index contributed by atoms with van der Waals surface area (Å²) < 4.78 is 4.91. The number of allylic oxidation sites excluding steroid dienone is 1. The van der Waals surface area contributed by atoms with Gasteiger partial charge >= 0.3 is 0 Å². The second-order valence-electron chi connectivity index (χ2n) is 3.06. The van der Waals surface area contributed by atoms with Gasteiger partial charge in [-0.2, -0.15) is 0 Å². The van der Waals surface area contributed by atoms with Crippen molar-refractivity contribution in [3.05, 3.63) is 5.76 Å². The van der Waals surface area contributed by atoms with E-state index in [0.29, 0.717) is 6.42 Å². The number of carbonyl (C=O) groups excluding carboxylic acids is 1. The van der Waals surface area contributed by atoms with Crippen LogP contribution in [-0.2, 0) is 9.53 Å². The lowest BCUT2D eigenvalue weighted by Crippen LogP contribution is -1.88. The van der Waals surface area contributed by atoms with E-state index in [1.807, 2.05) is 0 Å². The molecule has 0 amide bonds. The zero-order valence-corrected chi connectivity index (χ0v) is 8.21. The number of aliphatic hydroxyl groups is 1. The first-order chi connectivity index (χ1) is 6.31. The Morgan fingerprint density at radius 1 is 1.23 bits per heavy atom. The Hall–Kier alpha value is -0.790. The summed E-state index contributed by atoms with van der Waals surface area (Å²) in [6.45, 7) is 0.819. The standard InChI is InChI=1S/C10H18O3/c1-13-8-6-4-2-3-5-7-10(12)9-11/h12H,2-8H2,1H3. The highest BCUT2D eigenvalue weighted by atomic mass is 16.5. The van der Waals surface area contributed by atoms with Crippen molar-refractivity contribution in [2.24, 2.45) is 0 Å². The quantitative estimate of drug-likeness (QED) is 0.359. The summed E-state index contributed by atoms with van der Waals surface area (Å²) in [6.07, 6.45) is 5.76. The van der Waals surface area contributed by atoms with Gasteiger partial charge < -0.3 is 9.84 Å². The van der Waals surface area contributed by atoms with Crippen LogP contribution in [0.2, 0.25) is 0 Å². The molecule has 0 unspecified atom stereocenters. The van der Waals surface area contributed by atoms with Crippen molar-refractivity contribution in [1.29, 1.82) is 0 Å². The molecule has 76 valence electrons. The van der Waals surface area contributed by atoms with Gasteiger partial charge in [-0.25, -0.2) is 4.79 Å². The third-order valence-corrected chi connectivity index (χ3v) is 1.88. The fourth-order valence-electron chi connectivity index (χ4n) is 1.12. The van der Waals surface area contributed by atoms with E-state index in [4.69, 9.17) is 9.84 Å². The predicted octanol–water partition coefficient (Wildman–Crippen LogP) is 2.25. The molecular formula is C10H18O3. The lowest BCUT2D eigenvalue weighted by Gasteiger charge is -1.99. The summed E-state index contributed by atoms with van der Waals surface area (Å²) in [5.74, 6) is 1.32. The van der Waals surface area contributed by atoms with Crippen LogP contribution in [0.25, 0.3) is 0 Å². The van der Waals surface area contributed by atoms with Crippen LogP contribution in [0.1, 0.15) is 38.5 Å². The van der Waals surface area contributed by atoms with Crippen LogP contribution in [0.15, 0.2) is 5.76 Å². The number of rotatable bonds is 8. The largest absolute Gasteiger partial charge is 0.502 e. The summed E-state index contributed by atoms with van der Waals surface area (Å²) in [7, 11) is 1.70. The highest BCUT2D eigenvalue weighted by Gasteiger charge is 1.94. The van der Waals surface area contributed by atoms with Gasteiger partial charge in [0.15, 0.2) is 11.7 Å². The van der Waals surface area contributed by atoms with Crippen molar-refractivity contribution in [2.75, 3.05) is 13.7 Å². The summed E-state index contributed by atoms with van der Waals surface area (Å²) in [5.41, 5.74) is 0. The topological polar surface area (TPSA) is 46.5 Å². The second kappa shape index (κ2) is 9.30. The fourth-order valence-corrected chi connectivity index (χ4v) is 1.12. The van der Waals surface area contributed by atoms with Crippen molar-refractivity contribution in [3.63, 3.8) is 0 Å². The first-order valence-electron chi connectivity index (χ1n) is 4.73. The minimum absolute atomic E-state index is 0.156. The van der Waals surface area contributed by atoms with Crippen molar-refractivity contribution in [1.82, 2.24) is 0 Å². The van der Waals surface area contributed by atoms with Gasteiger partial charge in [-0.1, -0.05) is 19.3 Å². The first kappa shape index (κ1) is 12.2. The Bertz CT molecular complexity index is 160. The minimum Gasteiger partial charge on any atom is -0.502 e. The number of hydrogen-bond donors (Lipinski definition) is 1. The summed E-state index contributed by atoms with van der Waals surface area (Å²) in [6, 6.07) is 0. The van der Waals surface area contributed by atoms with Crippen LogP contribution >= 0.6 is 0 Å². The normalized spacial score (nSPS) is 9.62. The summed E-state index contributed by atoms with van der Waals surface area (Å²) >= 11 is 0. The Kier molecular flexibility index (Phi) is 8.73. The zero-order valence-electron chi connectivity index (χ0n) is 8.21. The molecule has 0 atom stereocenters. The molecule has 0 heterocycles. The minimum atomic E-state index is -0.156. The lowest BCUT2D eigenvalue weighted by molar-refractivity contribution is 0.192. The van der Waals surface area contributed by atoms with Crippen LogP contribution in [0.4, 0.5) is 0 Å². The molecule has 3 heteroatoms. The van der Waals surface area contributed by atoms with E-state index in [1.165, 1.54) is 5.94 Å². The highest BCUT2D eigenvalue weighted by molar-refractivity contribution is 5.48. The molecule has 0 rings (SSSR count). The molecule has 1 N–H and O–H groups in total. The van der Waals surface area contributed by atoms with E-state index in [1.54, 1.807) is 7.11 Å². The third kappa shape index (κ3) is 9.12. The average molecular weight is 186 g/mol. The molecule has 13 heavy (non-hydrogen) atoms. The Balaban J connectivity index is 3.04. The van der Waals surface area contributed by atoms with Gasteiger partial charge in [-0.15, -0.1) is 0 Å². The van der Waals surface area contributed by atoms with Gasteiger partial charge in [0.25, 0.3) is 0 Å². The van der Waals surface area contributed by atoms with Crippen molar-refractivity contribution < 1.29 is 14.6 Å². The van der Waals surface area contributed by atoms with Crippen LogP contribution in [-0.4, -0.2) is 24.8 Å². The van der Waals surface area contributed by atoms with Crippen LogP contribution < -0.4 is 0 Å². The number of hydrogen-bond acceptors (Lipinski definition) is 3. The molecule has 0 saturated carbocycles. The molecule has 0 bridgehead atoms. The predicted molar refractivity (Wildman–Crippen MR) is 51.4 cm³/mol. The molecule has 3 nitrogen and oxygen atoms in total. The van der Waals surface area contributed by atoms with Gasteiger partial charge in [-0.05, 0) is 12.8 Å². The maximum absolute atomic E-state index is 9.88. The van der Waals surface area contributed by atoms with Crippen molar-refractivity contribution in [3.8, 4) is 0 Å². The highest BCUT2D eigenvalue weighted by Crippen LogP contribution is 2.07. The molecule has 0 spiro atoms. The van der Waals surface area contributed by atoms with Crippen LogP contribution in [0.3, 0.4) is 0 Å². The molecule has 0 aromatic carbocycles. The maximum Gasteiger partial charge on any atom is 0.176 e. The van der Waals surface area contributed by atoms with Crippen molar-refractivity contribution in [2.45, 2.75) is 38.5 Å². The molecule has 0 saturated heterocycles. The van der Waals surface area contributed by atoms with Gasteiger partial charge in [-0.3, -0.25) is 0 Å². The van der Waals surface area contributed by atoms with Crippen molar-refractivity contribution >= 4 is 5.94 Å². The smallest absolute Gasteiger partial charge is 0.176 e. The third-order valence-electron chi connectivity index (χ3n) is 1.88. The summed E-state index contributed by atoms with van der Waals surface area (Å²) in [5, 5.41) is 8.77. The molecular weight excluding hydrogens is 168 g/mol. The average Bonchev–Trinajstić information content (AvgIpc) is 2.16. The van der Waals surface area contributed by atoms with E-state index < -0.39 is 0 Å². The van der Waals surface area contributed by atoms with Gasteiger partial charge in [0, 0.05) is 20.1 Å². The monoisotopic (exact) mass is 186 g/mol. The van der Waals surface area contributed by atoms with Gasteiger partial charge in [0.05, 0.1) is 0 Å². The molecule has 0 fully saturated rings. The van der Waals surface area contributed by atoms with Crippen LogP contribution in [0.5, 0.6) is 0 Å². The lowest BCUT2D eigenvalue weighted by atomic mass is 10.1. The zero-order chi connectivity index (χ0) is 9.94. The Labute approximate surface area is 79.4 Å². The number of unbranched alkanes of at least 4 members (excludes halogenated alkanes) is 4. The van der Waals surface area contributed by atoms with E-state index in [2.05, 4.69) is 0 Å². The van der Waals surface area contributed by atoms with Gasteiger partial charge in [0.1, 0.15) is 0 Å². The second-order valence-corrected chi connectivity index (χ2v) is 3.06. The number of methoxy groups -OCH3 is 1. The van der Waals surface area contributed by atoms with E-state index in [-0.39, 0.29) is 5.76 Å². The first-order valence-corrected chi connectivity index (χ1v) is 4.73.